The molecule has 0 saturated carbocycles. The second-order valence-electron chi connectivity index (χ2n) is 4.93. The Bertz CT molecular complexity index is 226. The Kier molecular flexibility index (Phi) is 6.78. The average molecular weight is 283 g/mol. The van der Waals surface area contributed by atoms with Crippen molar-refractivity contribution in [2.45, 2.75) is 52.9 Å². The maximum Gasteiger partial charge on any atom is 0.323 e. The van der Waals surface area contributed by atoms with Crippen molar-refractivity contribution in [3.8, 4) is 0 Å². The van der Waals surface area contributed by atoms with E-state index in [9.17, 15) is 4.89 Å². The number of rotatable bonds is 8. The van der Waals surface area contributed by atoms with Gasteiger partial charge in [-0.15, -0.1) is 0 Å². The first kappa shape index (κ1) is 17.5. The third-order valence-corrected chi connectivity index (χ3v) is 13.5. The molecule has 0 heterocycles. The molecule has 0 aliphatic heterocycles. The average Bonchev–Trinajstić information content (AvgIpc) is 2.16. The Hall–Kier alpha value is 0.487. The summed E-state index contributed by atoms with van der Waals surface area (Å²) in [6.07, 6.45) is 0. The van der Waals surface area contributed by atoms with E-state index in [1.807, 2.05) is 27.7 Å². The highest BCUT2D eigenvalue weighted by molar-refractivity contribution is 8.01. The highest BCUT2D eigenvalue weighted by Gasteiger charge is 2.68. The molecule has 1 N–H and O–H groups in total. The van der Waals surface area contributed by atoms with Crippen LogP contribution in [-0.2, 0) is 14.0 Å². The minimum absolute atomic E-state index is 0.476. The summed E-state index contributed by atoms with van der Waals surface area (Å²) >= 11 is 0. The zero-order chi connectivity index (χ0) is 13.7. The van der Waals surface area contributed by atoms with Gasteiger partial charge in [-0.1, -0.05) is 0 Å². The Labute approximate surface area is 107 Å². The SMILES string of the molecule is CCOC(C)(OCC)[P+](O)(OCC)[Si](C)(C)C. The second kappa shape index (κ2) is 6.59. The lowest BCUT2D eigenvalue weighted by Gasteiger charge is -2.40. The molecule has 1 unspecified atom stereocenters. The van der Waals surface area contributed by atoms with E-state index in [0.29, 0.717) is 19.8 Å². The third-order valence-electron chi connectivity index (χ3n) is 2.60. The molecule has 0 amide bonds. The summed E-state index contributed by atoms with van der Waals surface area (Å²) in [6.45, 7) is 15.2. The molecule has 0 spiro atoms. The van der Waals surface area contributed by atoms with Gasteiger partial charge in [0.25, 0.3) is 15.0 Å². The molecule has 17 heavy (non-hydrogen) atoms. The molecule has 0 bridgehead atoms. The van der Waals surface area contributed by atoms with Gasteiger partial charge in [0.1, 0.15) is 0 Å². The van der Waals surface area contributed by atoms with Gasteiger partial charge >= 0.3 is 5.53 Å². The van der Waals surface area contributed by atoms with Gasteiger partial charge in [0.05, 0.1) is 19.8 Å². The van der Waals surface area contributed by atoms with Crippen LogP contribution in [0.3, 0.4) is 0 Å². The Morgan fingerprint density at radius 3 is 1.65 bits per heavy atom. The van der Waals surface area contributed by atoms with Gasteiger partial charge in [-0.2, -0.15) is 0 Å². The molecule has 0 aliphatic carbocycles. The van der Waals surface area contributed by atoms with E-state index in [4.69, 9.17) is 14.0 Å². The van der Waals surface area contributed by atoms with Crippen molar-refractivity contribution in [2.75, 3.05) is 19.8 Å². The molecule has 4 nitrogen and oxygen atoms in total. The molecule has 0 rings (SSSR count). The van der Waals surface area contributed by atoms with Crippen molar-refractivity contribution < 1.29 is 18.9 Å². The van der Waals surface area contributed by atoms with Gasteiger partial charge in [-0.3, -0.25) is 0 Å². The van der Waals surface area contributed by atoms with Gasteiger partial charge in [0, 0.05) is 6.92 Å². The first-order chi connectivity index (χ1) is 7.68. The molecule has 0 fully saturated rings. The third kappa shape index (κ3) is 3.72. The summed E-state index contributed by atoms with van der Waals surface area (Å²) in [5.41, 5.74) is -1.00. The molecular weight excluding hydrogens is 255 g/mol. The van der Waals surface area contributed by atoms with E-state index < -0.39 is 20.5 Å². The van der Waals surface area contributed by atoms with Crippen molar-refractivity contribution >= 4 is 15.0 Å². The summed E-state index contributed by atoms with van der Waals surface area (Å²) in [5, 5.41) is 0. The van der Waals surface area contributed by atoms with Crippen LogP contribution in [0.4, 0.5) is 0 Å². The lowest BCUT2D eigenvalue weighted by molar-refractivity contribution is -0.170. The first-order valence-corrected chi connectivity index (χ1v) is 12.2. The summed E-state index contributed by atoms with van der Waals surface area (Å²) in [6, 6.07) is 0. The largest absolute Gasteiger partial charge is 0.323 e. The predicted octanol–water partition coefficient (Wildman–Crippen LogP) is 3.44. The first-order valence-electron chi connectivity index (χ1n) is 6.23. The molecule has 104 valence electrons. The molecule has 0 radical (unpaired) electrons. The summed E-state index contributed by atoms with van der Waals surface area (Å²) in [7, 11) is -4.66. The van der Waals surface area contributed by atoms with Gasteiger partial charge < -0.3 is 9.47 Å². The van der Waals surface area contributed by atoms with Gasteiger partial charge in [-0.25, -0.2) is 9.42 Å². The summed E-state index contributed by atoms with van der Waals surface area (Å²) in [4.78, 5) is 11.0. The number of hydrogen-bond acceptors (Lipinski definition) is 4. The highest BCUT2D eigenvalue weighted by atomic mass is 31.5. The van der Waals surface area contributed by atoms with Crippen LogP contribution >= 0.6 is 7.26 Å². The second-order valence-corrected chi connectivity index (χ2v) is 17.3. The lowest BCUT2D eigenvalue weighted by Crippen LogP contribution is -2.46. The van der Waals surface area contributed by atoms with Gasteiger partial charge in [0.2, 0.25) is 0 Å². The van der Waals surface area contributed by atoms with Gasteiger partial charge in [-0.05, 0) is 40.4 Å². The van der Waals surface area contributed by atoms with Crippen LogP contribution in [0.25, 0.3) is 0 Å². The number of hydrogen-bond donors (Lipinski definition) is 1. The molecule has 0 aromatic carbocycles. The fourth-order valence-electron chi connectivity index (χ4n) is 1.86. The van der Waals surface area contributed by atoms with Crippen molar-refractivity contribution in [1.29, 1.82) is 0 Å². The fourth-order valence-corrected chi connectivity index (χ4v) is 10.3. The maximum atomic E-state index is 11.0. The maximum absolute atomic E-state index is 11.0. The van der Waals surface area contributed by atoms with E-state index in [2.05, 4.69) is 19.6 Å². The van der Waals surface area contributed by atoms with Crippen LogP contribution in [0.5, 0.6) is 0 Å². The van der Waals surface area contributed by atoms with E-state index in [1.54, 1.807) is 0 Å². The van der Waals surface area contributed by atoms with E-state index in [1.165, 1.54) is 0 Å². The van der Waals surface area contributed by atoms with E-state index >= 15 is 0 Å². The van der Waals surface area contributed by atoms with Crippen molar-refractivity contribution in [3.05, 3.63) is 0 Å². The smallest absolute Gasteiger partial charge is 0.316 e. The normalized spacial score (nSPS) is 16.9. The van der Waals surface area contributed by atoms with E-state index in [0.717, 1.165) is 0 Å². The highest BCUT2D eigenvalue weighted by Crippen LogP contribution is 2.73. The van der Waals surface area contributed by atoms with Crippen LogP contribution in [-0.4, -0.2) is 38.0 Å². The number of ether oxygens (including phenoxy) is 2. The summed E-state index contributed by atoms with van der Waals surface area (Å²) in [5.74, 6) is 0. The van der Waals surface area contributed by atoms with E-state index in [-0.39, 0.29) is 0 Å². The monoisotopic (exact) mass is 283 g/mol. The Morgan fingerprint density at radius 1 is 1.00 bits per heavy atom. The lowest BCUT2D eigenvalue weighted by atomic mass is 10.7. The molecular formula is C11H28O4PSi+. The fraction of sp³-hybridized carbons (Fsp3) is 1.00. The van der Waals surface area contributed by atoms with Crippen molar-refractivity contribution in [2.24, 2.45) is 0 Å². The van der Waals surface area contributed by atoms with Crippen LogP contribution in [0, 0.1) is 0 Å². The molecule has 0 aliphatic rings. The molecule has 0 aromatic heterocycles. The zero-order valence-electron chi connectivity index (χ0n) is 12.2. The molecule has 0 saturated heterocycles. The van der Waals surface area contributed by atoms with Crippen LogP contribution in [0.15, 0.2) is 0 Å². The predicted molar refractivity (Wildman–Crippen MR) is 75.8 cm³/mol. The van der Waals surface area contributed by atoms with Crippen molar-refractivity contribution in [1.82, 2.24) is 0 Å². The minimum Gasteiger partial charge on any atom is -0.316 e. The molecule has 0 aromatic rings. The van der Waals surface area contributed by atoms with Gasteiger partial charge in [0.15, 0.2) is 0 Å². The van der Waals surface area contributed by atoms with Crippen LogP contribution < -0.4 is 0 Å². The Balaban J connectivity index is 5.36. The topological polar surface area (TPSA) is 47.9 Å². The van der Waals surface area contributed by atoms with Crippen LogP contribution in [0.2, 0.25) is 19.6 Å². The van der Waals surface area contributed by atoms with Crippen molar-refractivity contribution in [3.63, 3.8) is 0 Å². The summed E-state index contributed by atoms with van der Waals surface area (Å²) < 4.78 is 17.1. The Morgan fingerprint density at radius 2 is 1.41 bits per heavy atom. The van der Waals surface area contributed by atoms with Crippen LogP contribution in [0.1, 0.15) is 27.7 Å². The molecule has 1 atom stereocenters. The zero-order valence-corrected chi connectivity index (χ0v) is 14.1. The molecule has 6 heteroatoms. The quantitative estimate of drug-likeness (QED) is 0.421. The minimum atomic E-state index is -2.71. The standard InChI is InChI=1S/C11H28O4PSi/c1-8-13-11(4,14-9-2)16(12,15-10-3)17(5,6)7/h12H,8-10H2,1-7H3/q+1.